The number of piperidine rings is 1. The van der Waals surface area contributed by atoms with E-state index in [1.807, 2.05) is 4.90 Å². The number of hydrogen-bond acceptors (Lipinski definition) is 4. The molecular weight excluding hydrogens is 254 g/mol. The van der Waals surface area contributed by atoms with Gasteiger partial charge in [-0.1, -0.05) is 13.8 Å². The molecule has 1 saturated heterocycles. The van der Waals surface area contributed by atoms with Crippen molar-refractivity contribution in [2.45, 2.75) is 45.6 Å². The van der Waals surface area contributed by atoms with Gasteiger partial charge in [-0.25, -0.2) is 4.98 Å². The summed E-state index contributed by atoms with van der Waals surface area (Å²) in [5.41, 5.74) is 0. The van der Waals surface area contributed by atoms with Crippen LogP contribution in [-0.2, 0) is 4.79 Å². The molecule has 2 heterocycles. The second kappa shape index (κ2) is 7.22. The maximum atomic E-state index is 12.4. The van der Waals surface area contributed by atoms with E-state index in [9.17, 15) is 4.79 Å². The van der Waals surface area contributed by atoms with Crippen molar-refractivity contribution in [3.05, 3.63) is 18.6 Å². The van der Waals surface area contributed by atoms with E-state index < -0.39 is 0 Å². The summed E-state index contributed by atoms with van der Waals surface area (Å²) in [4.78, 5) is 22.5. The van der Waals surface area contributed by atoms with Crippen LogP contribution >= 0.6 is 0 Å². The third-order valence-electron chi connectivity index (χ3n) is 3.85. The molecule has 1 aromatic rings. The van der Waals surface area contributed by atoms with E-state index in [4.69, 9.17) is 4.74 Å². The smallest absolute Gasteiger partial charge is 0.232 e. The Morgan fingerprint density at radius 3 is 2.90 bits per heavy atom. The largest absolute Gasteiger partial charge is 0.471 e. The fourth-order valence-corrected chi connectivity index (χ4v) is 2.65. The average Bonchev–Trinajstić information content (AvgIpc) is 2.49. The van der Waals surface area contributed by atoms with Gasteiger partial charge in [-0.05, 0) is 25.7 Å². The summed E-state index contributed by atoms with van der Waals surface area (Å²) in [7, 11) is 0. The van der Waals surface area contributed by atoms with Crippen molar-refractivity contribution in [3.8, 4) is 5.88 Å². The van der Waals surface area contributed by atoms with Crippen LogP contribution in [0, 0.1) is 5.92 Å². The molecule has 1 fully saturated rings. The lowest BCUT2D eigenvalue weighted by Crippen LogP contribution is -2.46. The minimum absolute atomic E-state index is 0.0266. The molecule has 1 unspecified atom stereocenters. The molecule has 0 N–H and O–H groups in total. The Kier molecular flexibility index (Phi) is 5.32. The van der Waals surface area contributed by atoms with Crippen molar-refractivity contribution in [1.82, 2.24) is 14.9 Å². The zero-order valence-corrected chi connectivity index (χ0v) is 12.3. The molecule has 0 aliphatic carbocycles. The summed E-state index contributed by atoms with van der Waals surface area (Å²) in [6, 6.07) is 0. The highest BCUT2D eigenvalue weighted by molar-refractivity contribution is 5.78. The van der Waals surface area contributed by atoms with Gasteiger partial charge in [0.15, 0.2) is 0 Å². The Balaban J connectivity index is 1.93. The van der Waals surface area contributed by atoms with Crippen molar-refractivity contribution < 1.29 is 9.53 Å². The van der Waals surface area contributed by atoms with Gasteiger partial charge in [-0.15, -0.1) is 0 Å². The number of amides is 1. The first-order valence-electron chi connectivity index (χ1n) is 7.46. The van der Waals surface area contributed by atoms with Crippen LogP contribution in [-0.4, -0.2) is 40.0 Å². The average molecular weight is 277 g/mol. The third kappa shape index (κ3) is 3.68. The molecule has 20 heavy (non-hydrogen) atoms. The molecule has 0 saturated carbocycles. The van der Waals surface area contributed by atoms with Crippen LogP contribution in [0.4, 0.5) is 0 Å². The van der Waals surface area contributed by atoms with Crippen molar-refractivity contribution in [1.29, 1.82) is 0 Å². The van der Waals surface area contributed by atoms with Gasteiger partial charge in [-0.2, -0.15) is 0 Å². The molecule has 0 spiro atoms. The molecule has 2 rings (SSSR count). The zero-order valence-electron chi connectivity index (χ0n) is 12.3. The van der Waals surface area contributed by atoms with Crippen LogP contribution in [0.1, 0.15) is 39.5 Å². The Morgan fingerprint density at radius 1 is 1.45 bits per heavy atom. The maximum absolute atomic E-state index is 12.4. The van der Waals surface area contributed by atoms with E-state index in [-0.39, 0.29) is 17.9 Å². The van der Waals surface area contributed by atoms with Crippen LogP contribution in [0.25, 0.3) is 0 Å². The number of nitrogens with zero attached hydrogens (tertiary/aromatic N) is 3. The van der Waals surface area contributed by atoms with E-state index in [0.29, 0.717) is 12.4 Å². The zero-order chi connectivity index (χ0) is 14.4. The van der Waals surface area contributed by atoms with Crippen molar-refractivity contribution in [2.24, 2.45) is 5.92 Å². The number of carbonyl (C=O) groups excluding carboxylic acids is 1. The summed E-state index contributed by atoms with van der Waals surface area (Å²) in [5, 5.41) is 0. The lowest BCUT2D eigenvalue weighted by molar-refractivity contribution is -0.138. The number of ether oxygens (including phenoxy) is 1. The molecule has 0 bridgehead atoms. The predicted octanol–water partition coefficient (Wildman–Crippen LogP) is 2.28. The molecule has 1 atom stereocenters. The van der Waals surface area contributed by atoms with Gasteiger partial charge in [0.1, 0.15) is 6.10 Å². The summed E-state index contributed by atoms with van der Waals surface area (Å²) < 4.78 is 5.82. The molecule has 1 amide bonds. The SMILES string of the molecule is CCC(CC)C(=O)N1CCCC(Oc2cnccn2)C1. The van der Waals surface area contributed by atoms with Crippen LogP contribution in [0.5, 0.6) is 5.88 Å². The standard InChI is InChI=1S/C15H23N3O2/c1-3-12(4-2)15(19)18-9-5-6-13(11-18)20-14-10-16-7-8-17-14/h7-8,10,12-13H,3-6,9,11H2,1-2H3. The molecule has 1 aromatic heterocycles. The number of rotatable bonds is 5. The topological polar surface area (TPSA) is 55.3 Å². The van der Waals surface area contributed by atoms with Gasteiger partial charge >= 0.3 is 0 Å². The summed E-state index contributed by atoms with van der Waals surface area (Å²) in [6.45, 7) is 5.65. The Bertz CT molecular complexity index is 420. The van der Waals surface area contributed by atoms with Crippen molar-refractivity contribution in [2.75, 3.05) is 13.1 Å². The number of likely N-dealkylation sites (tertiary alicyclic amines) is 1. The summed E-state index contributed by atoms with van der Waals surface area (Å²) >= 11 is 0. The van der Waals surface area contributed by atoms with E-state index in [2.05, 4.69) is 23.8 Å². The third-order valence-corrected chi connectivity index (χ3v) is 3.85. The van der Waals surface area contributed by atoms with Crippen LogP contribution in [0.3, 0.4) is 0 Å². The maximum Gasteiger partial charge on any atom is 0.232 e. The minimum atomic E-state index is 0.0266. The molecule has 0 aromatic carbocycles. The van der Waals surface area contributed by atoms with E-state index in [0.717, 1.165) is 32.2 Å². The van der Waals surface area contributed by atoms with Crippen LogP contribution in [0.15, 0.2) is 18.6 Å². The van der Waals surface area contributed by atoms with E-state index in [1.165, 1.54) is 0 Å². The molecule has 5 nitrogen and oxygen atoms in total. The van der Waals surface area contributed by atoms with E-state index >= 15 is 0 Å². The van der Waals surface area contributed by atoms with Crippen molar-refractivity contribution in [3.63, 3.8) is 0 Å². The fraction of sp³-hybridized carbons (Fsp3) is 0.667. The Morgan fingerprint density at radius 2 is 2.25 bits per heavy atom. The number of aromatic nitrogens is 2. The second-order valence-corrected chi connectivity index (χ2v) is 5.22. The number of hydrogen-bond donors (Lipinski definition) is 0. The fourth-order valence-electron chi connectivity index (χ4n) is 2.65. The van der Waals surface area contributed by atoms with Gasteiger partial charge in [0.05, 0.1) is 12.7 Å². The van der Waals surface area contributed by atoms with Gasteiger partial charge in [0, 0.05) is 24.9 Å². The first-order valence-corrected chi connectivity index (χ1v) is 7.46. The Labute approximate surface area is 120 Å². The molecular formula is C15H23N3O2. The van der Waals surface area contributed by atoms with Gasteiger partial charge in [0.2, 0.25) is 11.8 Å². The quantitative estimate of drug-likeness (QED) is 0.828. The first-order chi connectivity index (χ1) is 9.74. The normalized spacial score (nSPS) is 19.1. The van der Waals surface area contributed by atoms with Gasteiger partial charge < -0.3 is 9.64 Å². The highest BCUT2D eigenvalue weighted by atomic mass is 16.5. The van der Waals surface area contributed by atoms with E-state index in [1.54, 1.807) is 18.6 Å². The van der Waals surface area contributed by atoms with Crippen LogP contribution < -0.4 is 4.74 Å². The monoisotopic (exact) mass is 277 g/mol. The molecule has 5 heteroatoms. The van der Waals surface area contributed by atoms with Crippen molar-refractivity contribution >= 4 is 5.91 Å². The highest BCUT2D eigenvalue weighted by Crippen LogP contribution is 2.19. The lowest BCUT2D eigenvalue weighted by atomic mass is 9.99. The minimum Gasteiger partial charge on any atom is -0.471 e. The molecule has 110 valence electrons. The first kappa shape index (κ1) is 14.8. The van der Waals surface area contributed by atoms with Gasteiger partial charge in [0.25, 0.3) is 0 Å². The van der Waals surface area contributed by atoms with Crippen LogP contribution in [0.2, 0.25) is 0 Å². The predicted molar refractivity (Wildman–Crippen MR) is 76.3 cm³/mol. The summed E-state index contributed by atoms with van der Waals surface area (Å²) in [6.07, 6.45) is 8.63. The highest BCUT2D eigenvalue weighted by Gasteiger charge is 2.28. The molecule has 1 aliphatic heterocycles. The second-order valence-electron chi connectivity index (χ2n) is 5.22. The summed E-state index contributed by atoms with van der Waals surface area (Å²) in [5.74, 6) is 0.946. The lowest BCUT2D eigenvalue weighted by Gasteiger charge is -2.34. The molecule has 0 radical (unpaired) electrons. The van der Waals surface area contributed by atoms with Gasteiger partial charge in [-0.3, -0.25) is 9.78 Å². The number of carbonyl (C=O) groups is 1. The Hall–Kier alpha value is -1.65. The molecule has 1 aliphatic rings.